The first-order valence-corrected chi connectivity index (χ1v) is 6.59. The number of benzene rings is 1. The largest absolute Gasteiger partial charge is 0.369 e. The number of piperidine rings is 1. The molecule has 2 rings (SSSR count). The summed E-state index contributed by atoms with van der Waals surface area (Å²) >= 11 is 0. The lowest BCUT2D eigenvalue weighted by Gasteiger charge is -2.34. The molecule has 1 atom stereocenters. The van der Waals surface area contributed by atoms with E-state index < -0.39 is 0 Å². The maximum Gasteiger partial charge on any atom is 0.222 e. The van der Waals surface area contributed by atoms with Gasteiger partial charge in [-0.2, -0.15) is 0 Å². The molecule has 1 fully saturated rings. The molecule has 0 saturated carbocycles. The van der Waals surface area contributed by atoms with Crippen molar-refractivity contribution in [2.45, 2.75) is 19.4 Å². The highest BCUT2D eigenvalue weighted by atomic mass is 19.1. The van der Waals surface area contributed by atoms with Gasteiger partial charge in [0.15, 0.2) is 0 Å². The summed E-state index contributed by atoms with van der Waals surface area (Å²) in [6, 6.07) is 5.08. The van der Waals surface area contributed by atoms with Gasteiger partial charge in [0.25, 0.3) is 0 Å². The molecule has 0 aromatic heterocycles. The van der Waals surface area contributed by atoms with Gasteiger partial charge in [0.05, 0.1) is 11.6 Å². The summed E-state index contributed by atoms with van der Waals surface area (Å²) < 4.78 is 14.1. The van der Waals surface area contributed by atoms with Gasteiger partial charge in [-0.3, -0.25) is 4.79 Å². The molecule has 1 unspecified atom stereocenters. The molecule has 1 amide bonds. The van der Waals surface area contributed by atoms with Crippen LogP contribution in [0.3, 0.4) is 0 Å². The van der Waals surface area contributed by atoms with Crippen molar-refractivity contribution in [3.8, 4) is 0 Å². The third kappa shape index (κ3) is 3.04. The van der Waals surface area contributed by atoms with Crippen LogP contribution in [0.1, 0.15) is 18.4 Å². The van der Waals surface area contributed by atoms with Crippen molar-refractivity contribution < 1.29 is 9.18 Å². The summed E-state index contributed by atoms with van der Waals surface area (Å²) in [4.78, 5) is 13.3. The molecule has 0 spiro atoms. The SMILES string of the molecule is CNCc1cccc(F)c1N1CCCC(C(N)=O)C1. The molecule has 1 aromatic rings. The number of rotatable bonds is 4. The highest BCUT2D eigenvalue weighted by molar-refractivity contribution is 5.77. The van der Waals surface area contributed by atoms with E-state index in [2.05, 4.69) is 5.32 Å². The standard InChI is InChI=1S/C14H20FN3O/c1-17-8-10-4-2-6-12(15)13(10)18-7-3-5-11(9-18)14(16)19/h2,4,6,11,17H,3,5,7-9H2,1H3,(H2,16,19). The van der Waals surface area contributed by atoms with E-state index in [0.29, 0.717) is 18.8 Å². The predicted octanol–water partition coefficient (Wildman–Crippen LogP) is 1.25. The lowest BCUT2D eigenvalue weighted by molar-refractivity contribution is -0.122. The molecule has 4 nitrogen and oxygen atoms in total. The fourth-order valence-corrected chi connectivity index (χ4v) is 2.66. The first kappa shape index (κ1) is 13.8. The average Bonchev–Trinajstić information content (AvgIpc) is 2.39. The Morgan fingerprint density at radius 2 is 2.37 bits per heavy atom. The van der Waals surface area contributed by atoms with Crippen molar-refractivity contribution in [1.82, 2.24) is 5.32 Å². The van der Waals surface area contributed by atoms with Gasteiger partial charge in [-0.15, -0.1) is 0 Å². The Morgan fingerprint density at radius 3 is 3.05 bits per heavy atom. The highest BCUT2D eigenvalue weighted by Gasteiger charge is 2.26. The van der Waals surface area contributed by atoms with E-state index in [1.165, 1.54) is 6.07 Å². The van der Waals surface area contributed by atoms with Gasteiger partial charge in [0.1, 0.15) is 5.82 Å². The second-order valence-corrected chi connectivity index (χ2v) is 4.97. The van der Waals surface area contributed by atoms with Crippen molar-refractivity contribution in [2.24, 2.45) is 11.7 Å². The van der Waals surface area contributed by atoms with E-state index in [9.17, 15) is 9.18 Å². The van der Waals surface area contributed by atoms with E-state index in [4.69, 9.17) is 5.73 Å². The van der Waals surface area contributed by atoms with Crippen LogP contribution < -0.4 is 16.0 Å². The molecule has 0 radical (unpaired) electrons. The molecule has 19 heavy (non-hydrogen) atoms. The lowest BCUT2D eigenvalue weighted by Crippen LogP contribution is -2.42. The topological polar surface area (TPSA) is 58.4 Å². The zero-order valence-electron chi connectivity index (χ0n) is 11.2. The third-order valence-corrected chi connectivity index (χ3v) is 3.58. The molecule has 1 aliphatic rings. The molecule has 104 valence electrons. The van der Waals surface area contributed by atoms with E-state index in [0.717, 1.165) is 24.9 Å². The molecule has 1 aromatic carbocycles. The number of nitrogens with zero attached hydrogens (tertiary/aromatic N) is 1. The van der Waals surface area contributed by atoms with Crippen LogP contribution in [0.25, 0.3) is 0 Å². The first-order chi connectivity index (χ1) is 9.13. The summed E-state index contributed by atoms with van der Waals surface area (Å²) in [5, 5.41) is 3.04. The summed E-state index contributed by atoms with van der Waals surface area (Å²) in [5.41, 5.74) is 6.88. The number of nitrogens with two attached hydrogens (primary N) is 1. The van der Waals surface area contributed by atoms with Crippen molar-refractivity contribution >= 4 is 11.6 Å². The van der Waals surface area contributed by atoms with Gasteiger partial charge >= 0.3 is 0 Å². The number of carbonyl (C=O) groups is 1. The monoisotopic (exact) mass is 265 g/mol. The Hall–Kier alpha value is -1.62. The fraction of sp³-hybridized carbons (Fsp3) is 0.500. The Bertz CT molecular complexity index is 464. The van der Waals surface area contributed by atoms with Gasteiger partial charge < -0.3 is 16.0 Å². The summed E-state index contributed by atoms with van der Waals surface area (Å²) in [5.74, 6) is -0.718. The normalized spacial score (nSPS) is 19.5. The Balaban J connectivity index is 2.27. The van der Waals surface area contributed by atoms with Crippen LogP contribution >= 0.6 is 0 Å². The molecule has 0 aliphatic carbocycles. The molecule has 1 saturated heterocycles. The molecule has 5 heteroatoms. The van der Waals surface area contributed by atoms with E-state index in [1.54, 1.807) is 6.07 Å². The smallest absolute Gasteiger partial charge is 0.222 e. The molecular formula is C14H20FN3O. The molecular weight excluding hydrogens is 245 g/mol. The molecule has 1 heterocycles. The predicted molar refractivity (Wildman–Crippen MR) is 73.3 cm³/mol. The number of amides is 1. The maximum atomic E-state index is 14.1. The quantitative estimate of drug-likeness (QED) is 0.861. The second-order valence-electron chi connectivity index (χ2n) is 4.97. The maximum absolute atomic E-state index is 14.1. The van der Waals surface area contributed by atoms with E-state index in [-0.39, 0.29) is 17.6 Å². The van der Waals surface area contributed by atoms with Crippen LogP contribution in [0.5, 0.6) is 0 Å². The van der Waals surface area contributed by atoms with Gasteiger partial charge in [-0.05, 0) is 31.5 Å². The van der Waals surface area contributed by atoms with Crippen LogP contribution in [-0.4, -0.2) is 26.0 Å². The fourth-order valence-electron chi connectivity index (χ4n) is 2.66. The first-order valence-electron chi connectivity index (χ1n) is 6.59. The number of carbonyl (C=O) groups excluding carboxylic acids is 1. The number of primary amides is 1. The minimum absolute atomic E-state index is 0.184. The van der Waals surface area contributed by atoms with Crippen LogP contribution in [-0.2, 0) is 11.3 Å². The Labute approximate surface area is 112 Å². The second kappa shape index (κ2) is 6.02. The third-order valence-electron chi connectivity index (χ3n) is 3.58. The molecule has 1 aliphatic heterocycles. The average molecular weight is 265 g/mol. The zero-order valence-corrected chi connectivity index (χ0v) is 11.2. The number of hydrogen-bond donors (Lipinski definition) is 2. The summed E-state index contributed by atoms with van der Waals surface area (Å²) in [6.07, 6.45) is 1.66. The van der Waals surface area contributed by atoms with Gasteiger partial charge in [-0.25, -0.2) is 4.39 Å². The van der Waals surface area contributed by atoms with E-state index >= 15 is 0 Å². The van der Waals surface area contributed by atoms with Crippen LogP contribution in [0.15, 0.2) is 18.2 Å². The number of para-hydroxylation sites is 1. The van der Waals surface area contributed by atoms with Crippen LogP contribution in [0.4, 0.5) is 10.1 Å². The van der Waals surface area contributed by atoms with Crippen LogP contribution in [0, 0.1) is 11.7 Å². The Morgan fingerprint density at radius 1 is 1.58 bits per heavy atom. The number of halogens is 1. The van der Waals surface area contributed by atoms with Crippen molar-refractivity contribution in [2.75, 3.05) is 25.0 Å². The van der Waals surface area contributed by atoms with Crippen molar-refractivity contribution in [3.05, 3.63) is 29.6 Å². The Kier molecular flexibility index (Phi) is 4.37. The minimum atomic E-state index is -0.295. The zero-order chi connectivity index (χ0) is 13.8. The number of anilines is 1. The van der Waals surface area contributed by atoms with Gasteiger partial charge in [0, 0.05) is 19.6 Å². The van der Waals surface area contributed by atoms with Crippen LogP contribution in [0.2, 0.25) is 0 Å². The van der Waals surface area contributed by atoms with E-state index in [1.807, 2.05) is 18.0 Å². The van der Waals surface area contributed by atoms with Gasteiger partial charge in [-0.1, -0.05) is 12.1 Å². The van der Waals surface area contributed by atoms with Crippen molar-refractivity contribution in [3.63, 3.8) is 0 Å². The summed E-state index contributed by atoms with van der Waals surface area (Å²) in [6.45, 7) is 1.87. The van der Waals surface area contributed by atoms with Crippen molar-refractivity contribution in [1.29, 1.82) is 0 Å². The summed E-state index contributed by atoms with van der Waals surface area (Å²) in [7, 11) is 1.83. The number of hydrogen-bond acceptors (Lipinski definition) is 3. The van der Waals surface area contributed by atoms with Gasteiger partial charge in [0.2, 0.25) is 5.91 Å². The molecule has 0 bridgehead atoms. The number of nitrogens with one attached hydrogen (secondary N) is 1. The minimum Gasteiger partial charge on any atom is -0.369 e. The molecule has 3 N–H and O–H groups in total. The lowest BCUT2D eigenvalue weighted by atomic mass is 9.96. The highest BCUT2D eigenvalue weighted by Crippen LogP contribution is 2.29.